The van der Waals surface area contributed by atoms with Crippen molar-refractivity contribution < 1.29 is 28.6 Å². The van der Waals surface area contributed by atoms with Gasteiger partial charge < -0.3 is 14.2 Å². The fourth-order valence-corrected chi connectivity index (χ4v) is 9.90. The summed E-state index contributed by atoms with van der Waals surface area (Å²) in [6.07, 6.45) is 95.7. The van der Waals surface area contributed by atoms with E-state index in [2.05, 4.69) is 124 Å². The average molecular weight is 1140 g/mol. The minimum Gasteiger partial charge on any atom is -0.462 e. The van der Waals surface area contributed by atoms with Crippen LogP contribution in [0, 0.1) is 0 Å². The molecule has 0 saturated carbocycles. The Hall–Kier alpha value is -3.93. The second-order valence-electron chi connectivity index (χ2n) is 23.0. The molecule has 0 bridgehead atoms. The molecule has 82 heavy (non-hydrogen) atoms. The molecule has 0 aromatic heterocycles. The molecule has 470 valence electrons. The van der Waals surface area contributed by atoms with Crippen LogP contribution in [0.5, 0.6) is 0 Å². The smallest absolute Gasteiger partial charge is 0.306 e. The first-order valence-electron chi connectivity index (χ1n) is 34.9. The summed E-state index contributed by atoms with van der Waals surface area (Å²) in [4.78, 5) is 38.4. The summed E-state index contributed by atoms with van der Waals surface area (Å²) in [5, 5.41) is 0. The molecule has 1 unspecified atom stereocenters. The van der Waals surface area contributed by atoms with Crippen LogP contribution in [0.25, 0.3) is 0 Å². The van der Waals surface area contributed by atoms with E-state index in [0.717, 1.165) is 96.3 Å². The standard InChI is InChI=1S/C76H130O6/c1-4-7-10-13-16-19-22-25-27-29-31-33-35-37-38-39-41-42-44-46-48-51-54-57-60-63-66-69-75(78)81-72-73(71-80-74(77)68-65-62-59-56-53-50-24-21-18-15-12-9-6-3)82-76(79)70-67-64-61-58-55-52-49-47-45-43-40-36-34-32-30-28-26-23-20-17-14-11-8-5-2/h7,9-10,12,16,18-19,21,25,27,31,33,37-38,50,53,59,62,73H,4-6,8,11,13-15,17,20,22-24,26,28-30,32,34-36,39-49,51-52,54-58,60-61,63-72H2,1-3H3/b10-7-,12-9-,19-16-,21-18-,27-25-,33-31-,38-37-,53-50-,62-59-. The lowest BCUT2D eigenvalue weighted by Gasteiger charge is -2.18. The quantitative estimate of drug-likeness (QED) is 0.0261. The lowest BCUT2D eigenvalue weighted by Crippen LogP contribution is -2.30. The lowest BCUT2D eigenvalue weighted by molar-refractivity contribution is -0.166. The van der Waals surface area contributed by atoms with Gasteiger partial charge >= 0.3 is 17.9 Å². The van der Waals surface area contributed by atoms with Gasteiger partial charge in [-0.15, -0.1) is 0 Å². The molecule has 1 atom stereocenters. The molecule has 0 aliphatic carbocycles. The molecule has 0 aliphatic heterocycles. The number of carbonyl (C=O) groups is 3. The molecule has 0 aromatic carbocycles. The van der Waals surface area contributed by atoms with Gasteiger partial charge in [0.25, 0.3) is 0 Å². The molecule has 0 fully saturated rings. The van der Waals surface area contributed by atoms with Gasteiger partial charge in [0.1, 0.15) is 13.2 Å². The molecule has 0 radical (unpaired) electrons. The normalized spacial score (nSPS) is 12.8. The van der Waals surface area contributed by atoms with Gasteiger partial charge in [-0.1, -0.05) is 336 Å². The van der Waals surface area contributed by atoms with E-state index in [1.807, 2.05) is 6.08 Å². The van der Waals surface area contributed by atoms with E-state index >= 15 is 0 Å². The molecule has 0 heterocycles. The van der Waals surface area contributed by atoms with Crippen LogP contribution in [0.15, 0.2) is 109 Å². The molecule has 0 aliphatic rings. The van der Waals surface area contributed by atoms with E-state index in [-0.39, 0.29) is 37.5 Å². The molecule has 0 rings (SSSR count). The number of unbranched alkanes of at least 4 members (excludes halogenated alkanes) is 34. The van der Waals surface area contributed by atoms with Crippen molar-refractivity contribution in [1.29, 1.82) is 0 Å². The lowest BCUT2D eigenvalue weighted by atomic mass is 10.0. The SMILES string of the molecule is CC/C=C\C/C=C\C/C=C\C/C=C\C/C=C\CCCCCCCCCCCCCC(=O)OCC(COC(=O)CC/C=C\C/C=C\C/C=C\C/C=C\CC)OC(=O)CCCCCCCCCCCCCCCCCCCCCCCCCC. The van der Waals surface area contributed by atoms with Gasteiger partial charge in [0, 0.05) is 19.3 Å². The number of hydrogen-bond donors (Lipinski definition) is 0. The third-order valence-electron chi connectivity index (χ3n) is 15.0. The van der Waals surface area contributed by atoms with Gasteiger partial charge in [0.2, 0.25) is 0 Å². The van der Waals surface area contributed by atoms with Crippen LogP contribution in [-0.4, -0.2) is 37.2 Å². The van der Waals surface area contributed by atoms with Crippen LogP contribution in [-0.2, 0) is 28.6 Å². The number of carbonyl (C=O) groups excluding carboxylic acids is 3. The Morgan fingerprint density at radius 3 is 0.817 bits per heavy atom. The third-order valence-corrected chi connectivity index (χ3v) is 15.0. The molecule has 0 saturated heterocycles. The maximum atomic E-state index is 12.9. The Morgan fingerprint density at radius 2 is 0.500 bits per heavy atom. The van der Waals surface area contributed by atoms with Crippen LogP contribution in [0.1, 0.15) is 335 Å². The van der Waals surface area contributed by atoms with Gasteiger partial charge in [-0.25, -0.2) is 0 Å². The van der Waals surface area contributed by atoms with Gasteiger partial charge in [0.05, 0.1) is 0 Å². The van der Waals surface area contributed by atoms with Crippen molar-refractivity contribution in [2.45, 2.75) is 341 Å². The molecule has 0 N–H and O–H groups in total. The topological polar surface area (TPSA) is 78.9 Å². The Morgan fingerprint density at radius 1 is 0.256 bits per heavy atom. The maximum Gasteiger partial charge on any atom is 0.306 e. The zero-order valence-electron chi connectivity index (χ0n) is 54.0. The number of allylic oxidation sites excluding steroid dienone is 18. The van der Waals surface area contributed by atoms with E-state index < -0.39 is 6.10 Å². The van der Waals surface area contributed by atoms with E-state index in [9.17, 15) is 14.4 Å². The molecule has 6 heteroatoms. The number of hydrogen-bond acceptors (Lipinski definition) is 6. The molecular formula is C76H130O6. The Kier molecular flexibility index (Phi) is 66.2. The van der Waals surface area contributed by atoms with Crippen molar-refractivity contribution >= 4 is 17.9 Å². The Labute approximate surface area is 508 Å². The monoisotopic (exact) mass is 1140 g/mol. The van der Waals surface area contributed by atoms with E-state index in [0.29, 0.717) is 19.3 Å². The first kappa shape index (κ1) is 78.1. The summed E-state index contributed by atoms with van der Waals surface area (Å²) in [7, 11) is 0. The largest absolute Gasteiger partial charge is 0.462 e. The average Bonchev–Trinajstić information content (AvgIpc) is 3.47. The molecule has 6 nitrogen and oxygen atoms in total. The number of ether oxygens (including phenoxy) is 3. The molecule has 0 spiro atoms. The van der Waals surface area contributed by atoms with Crippen LogP contribution < -0.4 is 0 Å². The highest BCUT2D eigenvalue weighted by Gasteiger charge is 2.19. The summed E-state index contributed by atoms with van der Waals surface area (Å²) in [6.45, 7) is 6.39. The van der Waals surface area contributed by atoms with Gasteiger partial charge in [-0.05, 0) is 89.9 Å². The summed E-state index contributed by atoms with van der Waals surface area (Å²) in [5.74, 6) is -0.973. The van der Waals surface area contributed by atoms with Crippen molar-refractivity contribution in [3.8, 4) is 0 Å². The molecule has 0 amide bonds. The highest BCUT2D eigenvalue weighted by atomic mass is 16.6. The van der Waals surface area contributed by atoms with Crippen molar-refractivity contribution in [2.75, 3.05) is 13.2 Å². The number of esters is 3. The second-order valence-corrected chi connectivity index (χ2v) is 23.0. The van der Waals surface area contributed by atoms with Crippen molar-refractivity contribution in [3.63, 3.8) is 0 Å². The van der Waals surface area contributed by atoms with Crippen LogP contribution >= 0.6 is 0 Å². The zero-order valence-corrected chi connectivity index (χ0v) is 54.0. The second kappa shape index (κ2) is 69.6. The third kappa shape index (κ3) is 66.9. The van der Waals surface area contributed by atoms with E-state index in [4.69, 9.17) is 14.2 Å². The molecule has 0 aromatic rings. The summed E-state index contributed by atoms with van der Waals surface area (Å²) < 4.78 is 16.9. The highest BCUT2D eigenvalue weighted by Crippen LogP contribution is 2.18. The molecular weight excluding hydrogens is 1010 g/mol. The van der Waals surface area contributed by atoms with E-state index in [1.165, 1.54) is 193 Å². The Balaban J connectivity index is 4.30. The highest BCUT2D eigenvalue weighted by molar-refractivity contribution is 5.71. The predicted molar refractivity (Wildman–Crippen MR) is 357 cm³/mol. The van der Waals surface area contributed by atoms with Gasteiger partial charge in [-0.3, -0.25) is 14.4 Å². The van der Waals surface area contributed by atoms with Gasteiger partial charge in [-0.2, -0.15) is 0 Å². The zero-order chi connectivity index (χ0) is 59.2. The fraction of sp³-hybridized carbons (Fsp3) is 0.724. The minimum atomic E-state index is -0.809. The van der Waals surface area contributed by atoms with Crippen molar-refractivity contribution in [2.24, 2.45) is 0 Å². The number of rotatable bonds is 63. The van der Waals surface area contributed by atoms with Crippen molar-refractivity contribution in [3.05, 3.63) is 109 Å². The summed E-state index contributed by atoms with van der Waals surface area (Å²) >= 11 is 0. The fourth-order valence-electron chi connectivity index (χ4n) is 9.90. The predicted octanol–water partition coefficient (Wildman–Crippen LogP) is 24.2. The van der Waals surface area contributed by atoms with Crippen LogP contribution in [0.2, 0.25) is 0 Å². The summed E-state index contributed by atoms with van der Waals surface area (Å²) in [5.41, 5.74) is 0. The first-order chi connectivity index (χ1) is 40.5. The minimum absolute atomic E-state index is 0.0997. The summed E-state index contributed by atoms with van der Waals surface area (Å²) in [6, 6.07) is 0. The Bertz CT molecular complexity index is 1640. The van der Waals surface area contributed by atoms with Crippen molar-refractivity contribution in [1.82, 2.24) is 0 Å². The maximum absolute atomic E-state index is 12.9. The van der Waals surface area contributed by atoms with Gasteiger partial charge in [0.15, 0.2) is 6.10 Å². The van der Waals surface area contributed by atoms with Crippen LogP contribution in [0.3, 0.4) is 0 Å². The van der Waals surface area contributed by atoms with E-state index in [1.54, 1.807) is 0 Å². The first-order valence-corrected chi connectivity index (χ1v) is 34.9. The van der Waals surface area contributed by atoms with Crippen LogP contribution in [0.4, 0.5) is 0 Å².